The molecule has 1 aromatic carbocycles. The monoisotopic (exact) mass is 272 g/mol. The lowest BCUT2D eigenvalue weighted by Gasteiger charge is -2.11. The lowest BCUT2D eigenvalue weighted by atomic mass is 10.1. The maximum atomic E-state index is 12.2. The van der Waals surface area contributed by atoms with Crippen molar-refractivity contribution in [2.24, 2.45) is 5.73 Å². The average molecular weight is 272 g/mol. The minimum atomic E-state index is -2.88. The first kappa shape index (κ1) is 15.4. The Kier molecular flexibility index (Phi) is 6.21. The van der Waals surface area contributed by atoms with Crippen LogP contribution in [0.3, 0.4) is 0 Å². The number of nitrogens with two attached hydrogens (primary N) is 1. The van der Waals surface area contributed by atoms with E-state index in [0.717, 1.165) is 0 Å². The minimum Gasteiger partial charge on any atom is -0.434 e. The van der Waals surface area contributed by atoms with Crippen molar-refractivity contribution in [1.29, 1.82) is 0 Å². The highest BCUT2D eigenvalue weighted by molar-refractivity contribution is 5.75. The maximum absolute atomic E-state index is 12.2. The van der Waals surface area contributed by atoms with Gasteiger partial charge in [-0.15, -0.1) is 0 Å². The molecule has 0 saturated carbocycles. The van der Waals surface area contributed by atoms with Gasteiger partial charge in [-0.25, -0.2) is 0 Å². The van der Waals surface area contributed by atoms with Crippen molar-refractivity contribution < 1.29 is 18.3 Å². The van der Waals surface area contributed by atoms with E-state index in [1.54, 1.807) is 18.2 Å². The number of ether oxygens (including phenoxy) is 1. The highest BCUT2D eigenvalue weighted by Gasteiger charge is 2.10. The predicted molar refractivity (Wildman–Crippen MR) is 67.8 cm³/mol. The van der Waals surface area contributed by atoms with Gasteiger partial charge in [0.05, 0.1) is 0 Å². The second-order valence-corrected chi connectivity index (χ2v) is 4.28. The molecular formula is C13H18F2N2O2. The first-order valence-corrected chi connectivity index (χ1v) is 6.04. The van der Waals surface area contributed by atoms with Gasteiger partial charge in [-0.05, 0) is 19.4 Å². The van der Waals surface area contributed by atoms with E-state index >= 15 is 0 Å². The number of alkyl halides is 2. The summed E-state index contributed by atoms with van der Waals surface area (Å²) in [6.45, 7) is -0.908. The van der Waals surface area contributed by atoms with Crippen molar-refractivity contribution in [2.45, 2.75) is 39.0 Å². The van der Waals surface area contributed by atoms with E-state index in [1.165, 1.54) is 6.07 Å². The van der Waals surface area contributed by atoms with Crippen LogP contribution in [0.2, 0.25) is 0 Å². The molecule has 0 aliphatic carbocycles. The Labute approximate surface area is 110 Å². The quantitative estimate of drug-likeness (QED) is 0.798. The first-order chi connectivity index (χ1) is 8.99. The fraction of sp³-hybridized carbons (Fsp3) is 0.462. The number of carbonyl (C=O) groups is 1. The zero-order chi connectivity index (χ0) is 14.3. The molecule has 1 rings (SSSR count). The molecule has 1 aromatic rings. The fourth-order valence-corrected chi connectivity index (χ4v) is 1.50. The molecule has 0 fully saturated rings. The van der Waals surface area contributed by atoms with Gasteiger partial charge in [0, 0.05) is 24.6 Å². The van der Waals surface area contributed by atoms with Crippen LogP contribution in [0.4, 0.5) is 8.78 Å². The Bertz CT molecular complexity index is 411. The molecule has 4 nitrogen and oxygen atoms in total. The van der Waals surface area contributed by atoms with Crippen LogP contribution in [0, 0.1) is 0 Å². The number of amides is 1. The van der Waals surface area contributed by atoms with E-state index in [4.69, 9.17) is 5.73 Å². The summed E-state index contributed by atoms with van der Waals surface area (Å²) in [4.78, 5) is 11.5. The third-order valence-corrected chi connectivity index (χ3v) is 2.49. The maximum Gasteiger partial charge on any atom is 0.387 e. The Morgan fingerprint density at radius 1 is 1.42 bits per heavy atom. The number of para-hydroxylation sites is 1. The van der Waals surface area contributed by atoms with Crippen LogP contribution in [0.5, 0.6) is 5.75 Å². The van der Waals surface area contributed by atoms with Crippen LogP contribution in [0.15, 0.2) is 24.3 Å². The predicted octanol–water partition coefficient (Wildman–Crippen LogP) is 2.03. The lowest BCUT2D eigenvalue weighted by Crippen LogP contribution is -2.25. The molecular weight excluding hydrogens is 254 g/mol. The van der Waals surface area contributed by atoms with Gasteiger partial charge < -0.3 is 15.8 Å². The lowest BCUT2D eigenvalue weighted by molar-refractivity contribution is -0.121. The Morgan fingerprint density at radius 2 is 2.11 bits per heavy atom. The van der Waals surface area contributed by atoms with Gasteiger partial charge in [0.1, 0.15) is 5.75 Å². The number of rotatable bonds is 7. The highest BCUT2D eigenvalue weighted by atomic mass is 19.3. The van der Waals surface area contributed by atoms with Gasteiger partial charge in [-0.3, -0.25) is 4.79 Å². The average Bonchev–Trinajstić information content (AvgIpc) is 2.34. The summed E-state index contributed by atoms with van der Waals surface area (Å²) in [5.74, 6) is -0.0888. The van der Waals surface area contributed by atoms with E-state index in [2.05, 4.69) is 10.1 Å². The number of benzene rings is 1. The molecule has 1 atom stereocenters. The number of hydrogen-bond acceptors (Lipinski definition) is 3. The van der Waals surface area contributed by atoms with Crippen molar-refractivity contribution >= 4 is 5.91 Å². The molecule has 0 saturated heterocycles. The molecule has 0 radical (unpaired) electrons. The van der Waals surface area contributed by atoms with Crippen LogP contribution in [0.1, 0.15) is 25.3 Å². The van der Waals surface area contributed by atoms with Crippen molar-refractivity contribution in [2.75, 3.05) is 0 Å². The Balaban J connectivity index is 2.50. The summed E-state index contributed by atoms with van der Waals surface area (Å²) in [7, 11) is 0. The third-order valence-electron chi connectivity index (χ3n) is 2.49. The molecule has 6 heteroatoms. The SMILES string of the molecule is CC(N)CCC(=O)NCc1ccccc1OC(F)F. The fourth-order valence-electron chi connectivity index (χ4n) is 1.50. The smallest absolute Gasteiger partial charge is 0.387 e. The van der Waals surface area contributed by atoms with E-state index in [9.17, 15) is 13.6 Å². The molecule has 0 spiro atoms. The van der Waals surface area contributed by atoms with E-state index in [-0.39, 0.29) is 24.2 Å². The molecule has 0 bridgehead atoms. The topological polar surface area (TPSA) is 64.4 Å². The summed E-state index contributed by atoms with van der Waals surface area (Å²) in [5.41, 5.74) is 6.05. The summed E-state index contributed by atoms with van der Waals surface area (Å²) in [5, 5.41) is 2.65. The second kappa shape index (κ2) is 7.68. The summed E-state index contributed by atoms with van der Waals surface area (Å²) >= 11 is 0. The number of carbonyl (C=O) groups excluding carboxylic acids is 1. The highest BCUT2D eigenvalue weighted by Crippen LogP contribution is 2.19. The summed E-state index contributed by atoms with van der Waals surface area (Å²) in [6, 6.07) is 6.32. The molecule has 0 aliphatic rings. The van der Waals surface area contributed by atoms with E-state index in [0.29, 0.717) is 18.4 Å². The molecule has 106 valence electrons. The largest absolute Gasteiger partial charge is 0.434 e. The third kappa shape index (κ3) is 6.15. The van der Waals surface area contributed by atoms with E-state index < -0.39 is 6.61 Å². The van der Waals surface area contributed by atoms with Gasteiger partial charge in [-0.2, -0.15) is 8.78 Å². The normalized spacial score (nSPS) is 12.3. The summed E-state index contributed by atoms with van der Waals surface area (Å²) < 4.78 is 28.7. The Hall–Kier alpha value is -1.69. The van der Waals surface area contributed by atoms with Crippen molar-refractivity contribution in [3.8, 4) is 5.75 Å². The second-order valence-electron chi connectivity index (χ2n) is 4.28. The standard InChI is InChI=1S/C13H18F2N2O2/c1-9(16)6-7-12(18)17-8-10-4-2-3-5-11(10)19-13(14)15/h2-5,9,13H,6-8,16H2,1H3,(H,17,18). The molecule has 1 amide bonds. The number of nitrogens with one attached hydrogen (secondary N) is 1. The molecule has 1 unspecified atom stereocenters. The molecule has 19 heavy (non-hydrogen) atoms. The van der Waals surface area contributed by atoms with Crippen molar-refractivity contribution in [3.63, 3.8) is 0 Å². The molecule has 0 aromatic heterocycles. The van der Waals surface area contributed by atoms with Crippen LogP contribution in [-0.4, -0.2) is 18.6 Å². The van der Waals surface area contributed by atoms with Gasteiger partial charge in [0.2, 0.25) is 5.91 Å². The minimum absolute atomic E-state index is 0.0415. The van der Waals surface area contributed by atoms with Crippen LogP contribution in [-0.2, 0) is 11.3 Å². The van der Waals surface area contributed by atoms with Crippen LogP contribution in [0.25, 0.3) is 0 Å². The Morgan fingerprint density at radius 3 is 2.74 bits per heavy atom. The molecule has 0 heterocycles. The van der Waals surface area contributed by atoms with Gasteiger partial charge >= 0.3 is 6.61 Å². The van der Waals surface area contributed by atoms with Crippen LogP contribution >= 0.6 is 0 Å². The van der Waals surface area contributed by atoms with Crippen LogP contribution < -0.4 is 15.8 Å². The zero-order valence-corrected chi connectivity index (χ0v) is 10.7. The summed E-state index contributed by atoms with van der Waals surface area (Å²) in [6.07, 6.45) is 0.899. The van der Waals surface area contributed by atoms with E-state index in [1.807, 2.05) is 6.92 Å². The number of halogens is 2. The molecule has 3 N–H and O–H groups in total. The number of hydrogen-bond donors (Lipinski definition) is 2. The van der Waals surface area contributed by atoms with Gasteiger partial charge in [0.25, 0.3) is 0 Å². The van der Waals surface area contributed by atoms with Gasteiger partial charge in [-0.1, -0.05) is 18.2 Å². The first-order valence-electron chi connectivity index (χ1n) is 6.04. The van der Waals surface area contributed by atoms with Gasteiger partial charge in [0.15, 0.2) is 0 Å². The molecule has 0 aliphatic heterocycles. The van der Waals surface area contributed by atoms with Crippen molar-refractivity contribution in [1.82, 2.24) is 5.32 Å². The zero-order valence-electron chi connectivity index (χ0n) is 10.7. The van der Waals surface area contributed by atoms with Crippen molar-refractivity contribution in [3.05, 3.63) is 29.8 Å².